The number of aliphatic carboxylic acids is 1. The normalized spacial score (nSPS) is 12.0. The Morgan fingerprint density at radius 1 is 1.43 bits per heavy atom. The predicted molar refractivity (Wildman–Crippen MR) is 53.3 cm³/mol. The zero-order valence-electron chi connectivity index (χ0n) is 7.60. The minimum atomic E-state index is -0.950. The number of carbonyl (C=O) groups is 1. The molecule has 4 N–H and O–H groups in total. The monoisotopic (exact) mass is 192 g/mol. The lowest BCUT2D eigenvalue weighted by Crippen LogP contribution is -2.23. The van der Waals surface area contributed by atoms with E-state index >= 15 is 0 Å². The molecule has 0 bridgehead atoms. The van der Waals surface area contributed by atoms with E-state index < -0.39 is 11.9 Å². The lowest BCUT2D eigenvalue weighted by atomic mass is 9.95. The van der Waals surface area contributed by atoms with E-state index in [4.69, 9.17) is 16.2 Å². The lowest BCUT2D eigenvalue weighted by molar-refractivity contribution is -0.137. The average molecular weight is 192 g/mol. The van der Waals surface area contributed by atoms with E-state index in [2.05, 4.69) is 0 Å². The first-order valence-electron chi connectivity index (χ1n) is 4.22. The van der Waals surface area contributed by atoms with Gasteiger partial charge in [-0.1, -0.05) is 30.3 Å². The molecule has 0 amide bonds. The molecule has 1 aromatic carbocycles. The van der Waals surface area contributed by atoms with Gasteiger partial charge in [0.25, 0.3) is 0 Å². The zero-order valence-corrected chi connectivity index (χ0v) is 7.60. The number of rotatable bonds is 4. The number of benzene rings is 1. The Morgan fingerprint density at radius 3 is 2.43 bits per heavy atom. The molecule has 0 aromatic heterocycles. The minimum Gasteiger partial charge on any atom is -0.481 e. The third-order valence-corrected chi connectivity index (χ3v) is 1.96. The lowest BCUT2D eigenvalue weighted by Gasteiger charge is -2.12. The number of carboxylic acids is 1. The van der Waals surface area contributed by atoms with Crippen molar-refractivity contribution >= 4 is 11.8 Å². The van der Waals surface area contributed by atoms with Gasteiger partial charge in [0.15, 0.2) is 0 Å². The highest BCUT2D eigenvalue weighted by atomic mass is 16.4. The van der Waals surface area contributed by atoms with Crippen molar-refractivity contribution in [2.75, 3.05) is 0 Å². The Morgan fingerprint density at radius 2 is 2.00 bits per heavy atom. The molecule has 1 atom stereocenters. The Kier molecular flexibility index (Phi) is 3.23. The van der Waals surface area contributed by atoms with Crippen LogP contribution in [0.1, 0.15) is 17.9 Å². The molecule has 0 aliphatic heterocycles. The summed E-state index contributed by atoms with van der Waals surface area (Å²) in [4.78, 5) is 10.5. The van der Waals surface area contributed by atoms with Gasteiger partial charge in [0.1, 0.15) is 0 Å². The van der Waals surface area contributed by atoms with E-state index in [9.17, 15) is 4.79 Å². The molecule has 0 saturated carbocycles. The first-order valence-corrected chi connectivity index (χ1v) is 4.22. The summed E-state index contributed by atoms with van der Waals surface area (Å²) in [5.74, 6) is -1.58. The van der Waals surface area contributed by atoms with Gasteiger partial charge in [-0.25, -0.2) is 0 Å². The van der Waals surface area contributed by atoms with E-state index in [1.54, 1.807) is 24.3 Å². The van der Waals surface area contributed by atoms with Crippen LogP contribution >= 0.6 is 0 Å². The molecule has 1 rings (SSSR count). The van der Waals surface area contributed by atoms with Crippen LogP contribution in [0.4, 0.5) is 0 Å². The van der Waals surface area contributed by atoms with Gasteiger partial charge in [-0.3, -0.25) is 10.2 Å². The highest BCUT2D eigenvalue weighted by Gasteiger charge is 2.17. The van der Waals surface area contributed by atoms with E-state index in [1.165, 1.54) is 0 Å². The second-order valence-electron chi connectivity index (χ2n) is 3.02. The standard InChI is InChI=1S/C10H12N2O2/c11-10(12)8(6-9(13)14)7-4-2-1-3-5-7/h1-5,8H,6H2,(H3,11,12)(H,13,14). The Hall–Kier alpha value is -1.84. The summed E-state index contributed by atoms with van der Waals surface area (Å²) >= 11 is 0. The van der Waals surface area contributed by atoms with Crippen LogP contribution in [0.3, 0.4) is 0 Å². The number of hydrogen-bond acceptors (Lipinski definition) is 2. The van der Waals surface area contributed by atoms with Crippen molar-refractivity contribution in [2.45, 2.75) is 12.3 Å². The molecule has 0 aliphatic rings. The highest BCUT2D eigenvalue weighted by molar-refractivity contribution is 5.88. The Balaban J connectivity index is 2.89. The van der Waals surface area contributed by atoms with Crippen molar-refractivity contribution in [3.8, 4) is 0 Å². The van der Waals surface area contributed by atoms with E-state index in [1.807, 2.05) is 6.07 Å². The Bertz CT molecular complexity index is 335. The summed E-state index contributed by atoms with van der Waals surface area (Å²) in [5, 5.41) is 15.9. The fourth-order valence-electron chi connectivity index (χ4n) is 1.27. The van der Waals surface area contributed by atoms with Gasteiger partial charge in [-0.15, -0.1) is 0 Å². The summed E-state index contributed by atoms with van der Waals surface area (Å²) in [5.41, 5.74) is 6.10. The number of carboxylic acid groups (broad SMARTS) is 1. The second-order valence-corrected chi connectivity index (χ2v) is 3.02. The fourth-order valence-corrected chi connectivity index (χ4v) is 1.27. The van der Waals surface area contributed by atoms with Crippen molar-refractivity contribution in [2.24, 2.45) is 5.73 Å². The van der Waals surface area contributed by atoms with Gasteiger partial charge in [-0.05, 0) is 5.56 Å². The molecule has 0 radical (unpaired) electrons. The van der Waals surface area contributed by atoms with E-state index in [-0.39, 0.29) is 12.3 Å². The third kappa shape index (κ3) is 2.58. The summed E-state index contributed by atoms with van der Waals surface area (Å²) < 4.78 is 0. The first-order chi connectivity index (χ1) is 6.61. The van der Waals surface area contributed by atoms with Gasteiger partial charge in [0.2, 0.25) is 0 Å². The molecule has 0 saturated heterocycles. The van der Waals surface area contributed by atoms with Crippen LogP contribution < -0.4 is 5.73 Å². The maximum Gasteiger partial charge on any atom is 0.304 e. The van der Waals surface area contributed by atoms with E-state index in [0.717, 1.165) is 5.56 Å². The summed E-state index contributed by atoms with van der Waals surface area (Å²) in [6.45, 7) is 0. The number of amidine groups is 1. The van der Waals surface area contributed by atoms with Gasteiger partial charge < -0.3 is 10.8 Å². The van der Waals surface area contributed by atoms with Crippen LogP contribution in [0.2, 0.25) is 0 Å². The fraction of sp³-hybridized carbons (Fsp3) is 0.200. The summed E-state index contributed by atoms with van der Waals surface area (Å²) in [7, 11) is 0. The van der Waals surface area contributed by atoms with Crippen LogP contribution in [-0.2, 0) is 4.79 Å². The molecular weight excluding hydrogens is 180 g/mol. The average Bonchev–Trinajstić information content (AvgIpc) is 2.15. The van der Waals surface area contributed by atoms with Gasteiger partial charge in [0, 0.05) is 0 Å². The predicted octanol–water partition coefficient (Wildman–Crippen LogP) is 1.18. The number of nitrogens with two attached hydrogens (primary N) is 1. The van der Waals surface area contributed by atoms with Crippen molar-refractivity contribution in [1.82, 2.24) is 0 Å². The van der Waals surface area contributed by atoms with Crippen LogP contribution in [0.25, 0.3) is 0 Å². The molecule has 1 unspecified atom stereocenters. The molecule has 0 aliphatic carbocycles. The van der Waals surface area contributed by atoms with Crippen molar-refractivity contribution in [3.05, 3.63) is 35.9 Å². The first kappa shape index (κ1) is 10.2. The van der Waals surface area contributed by atoms with E-state index in [0.29, 0.717) is 0 Å². The third-order valence-electron chi connectivity index (χ3n) is 1.96. The number of hydrogen-bond donors (Lipinski definition) is 3. The Labute approximate surface area is 81.9 Å². The van der Waals surface area contributed by atoms with Crippen molar-refractivity contribution in [1.29, 1.82) is 5.41 Å². The largest absolute Gasteiger partial charge is 0.481 e. The van der Waals surface area contributed by atoms with Crippen molar-refractivity contribution in [3.63, 3.8) is 0 Å². The summed E-state index contributed by atoms with van der Waals surface area (Å²) in [6.07, 6.45) is -0.140. The summed E-state index contributed by atoms with van der Waals surface area (Å²) in [6, 6.07) is 8.98. The molecule has 0 spiro atoms. The molecule has 14 heavy (non-hydrogen) atoms. The second kappa shape index (κ2) is 4.41. The van der Waals surface area contributed by atoms with Crippen LogP contribution in [0.15, 0.2) is 30.3 Å². The highest BCUT2D eigenvalue weighted by Crippen LogP contribution is 2.18. The van der Waals surface area contributed by atoms with Gasteiger partial charge in [-0.2, -0.15) is 0 Å². The topological polar surface area (TPSA) is 87.2 Å². The van der Waals surface area contributed by atoms with Crippen LogP contribution in [0, 0.1) is 5.41 Å². The van der Waals surface area contributed by atoms with Crippen molar-refractivity contribution < 1.29 is 9.90 Å². The molecule has 4 nitrogen and oxygen atoms in total. The smallest absolute Gasteiger partial charge is 0.304 e. The molecule has 1 aromatic rings. The van der Waals surface area contributed by atoms with Crippen LogP contribution in [0.5, 0.6) is 0 Å². The SMILES string of the molecule is N=C(N)C(CC(=O)O)c1ccccc1. The maximum absolute atomic E-state index is 10.5. The molecule has 74 valence electrons. The minimum absolute atomic E-state index is 0.112. The molecule has 0 heterocycles. The van der Waals surface area contributed by atoms with Crippen LogP contribution in [-0.4, -0.2) is 16.9 Å². The quantitative estimate of drug-likeness (QED) is 0.494. The maximum atomic E-state index is 10.5. The molecule has 4 heteroatoms. The molecular formula is C10H12N2O2. The zero-order chi connectivity index (χ0) is 10.6. The van der Waals surface area contributed by atoms with Gasteiger partial charge in [0.05, 0.1) is 18.2 Å². The van der Waals surface area contributed by atoms with Gasteiger partial charge >= 0.3 is 5.97 Å². The molecule has 0 fully saturated rings. The number of nitrogens with one attached hydrogen (secondary N) is 1.